The van der Waals surface area contributed by atoms with Gasteiger partial charge in [-0.1, -0.05) is 0 Å². The van der Waals surface area contributed by atoms with E-state index in [1.165, 1.54) is 0 Å². The van der Waals surface area contributed by atoms with Crippen molar-refractivity contribution in [2.45, 2.75) is 18.6 Å². The van der Waals surface area contributed by atoms with E-state index in [1.807, 2.05) is 35.0 Å². The SMILES string of the molecule is CN(C)CCN(C)C(=O)C(C)(C)S. The summed E-state index contributed by atoms with van der Waals surface area (Å²) in [6.07, 6.45) is 0. The summed E-state index contributed by atoms with van der Waals surface area (Å²) in [5, 5.41) is 0. The van der Waals surface area contributed by atoms with Gasteiger partial charge in [0.1, 0.15) is 0 Å². The van der Waals surface area contributed by atoms with Gasteiger partial charge in [0, 0.05) is 20.1 Å². The molecule has 0 heterocycles. The lowest BCUT2D eigenvalue weighted by atomic mass is 10.2. The van der Waals surface area contributed by atoms with E-state index < -0.39 is 4.75 Å². The lowest BCUT2D eigenvalue weighted by molar-refractivity contribution is -0.131. The molecule has 78 valence electrons. The third-order valence-corrected chi connectivity index (χ3v) is 1.94. The van der Waals surface area contributed by atoms with Crippen molar-refractivity contribution in [3.8, 4) is 0 Å². The highest BCUT2D eigenvalue weighted by Crippen LogP contribution is 2.14. The number of thiol groups is 1. The van der Waals surface area contributed by atoms with Gasteiger partial charge in [-0.3, -0.25) is 4.79 Å². The number of carbonyl (C=O) groups excluding carboxylic acids is 1. The molecule has 0 saturated heterocycles. The van der Waals surface area contributed by atoms with Crippen molar-refractivity contribution >= 4 is 18.5 Å². The van der Waals surface area contributed by atoms with Crippen LogP contribution >= 0.6 is 12.6 Å². The van der Waals surface area contributed by atoms with Crippen molar-refractivity contribution in [2.24, 2.45) is 0 Å². The van der Waals surface area contributed by atoms with Gasteiger partial charge >= 0.3 is 0 Å². The van der Waals surface area contributed by atoms with Crippen molar-refractivity contribution in [1.29, 1.82) is 0 Å². The maximum Gasteiger partial charge on any atom is 0.237 e. The van der Waals surface area contributed by atoms with Gasteiger partial charge in [0.15, 0.2) is 0 Å². The number of likely N-dealkylation sites (N-methyl/N-ethyl adjacent to an activating group) is 2. The molecular weight excluding hydrogens is 184 g/mol. The van der Waals surface area contributed by atoms with E-state index in [0.29, 0.717) is 0 Å². The molecule has 4 heteroatoms. The molecule has 0 radical (unpaired) electrons. The smallest absolute Gasteiger partial charge is 0.237 e. The monoisotopic (exact) mass is 204 g/mol. The second-order valence-corrected chi connectivity index (χ2v) is 5.21. The quantitative estimate of drug-likeness (QED) is 0.682. The number of carbonyl (C=O) groups is 1. The van der Waals surface area contributed by atoms with Crippen molar-refractivity contribution in [2.75, 3.05) is 34.2 Å². The van der Waals surface area contributed by atoms with Crippen LogP contribution < -0.4 is 0 Å². The fraction of sp³-hybridized carbons (Fsp3) is 0.889. The van der Waals surface area contributed by atoms with Crippen molar-refractivity contribution in [1.82, 2.24) is 9.80 Å². The average Bonchev–Trinajstić information content (AvgIpc) is 1.96. The molecule has 0 aromatic carbocycles. The molecule has 0 N–H and O–H groups in total. The summed E-state index contributed by atoms with van der Waals surface area (Å²) in [6, 6.07) is 0. The van der Waals surface area contributed by atoms with Gasteiger partial charge in [-0.25, -0.2) is 0 Å². The molecule has 3 nitrogen and oxygen atoms in total. The van der Waals surface area contributed by atoms with E-state index >= 15 is 0 Å². The van der Waals surface area contributed by atoms with Gasteiger partial charge in [-0.2, -0.15) is 12.6 Å². The molecule has 0 unspecified atom stereocenters. The first-order valence-corrected chi connectivity index (χ1v) is 4.82. The lowest BCUT2D eigenvalue weighted by Crippen LogP contribution is -2.42. The highest BCUT2D eigenvalue weighted by molar-refractivity contribution is 7.82. The van der Waals surface area contributed by atoms with Crippen molar-refractivity contribution in [3.63, 3.8) is 0 Å². The number of hydrogen-bond donors (Lipinski definition) is 1. The molecule has 0 fully saturated rings. The standard InChI is InChI=1S/C9H20N2OS/c1-9(2,13)8(12)11(5)7-6-10(3)4/h13H,6-7H2,1-5H3. The van der Waals surface area contributed by atoms with Gasteiger partial charge in [0.25, 0.3) is 0 Å². The highest BCUT2D eigenvalue weighted by Gasteiger charge is 2.25. The number of amides is 1. The van der Waals surface area contributed by atoms with Gasteiger partial charge in [-0.05, 0) is 27.9 Å². The molecule has 0 rings (SSSR count). The third-order valence-electron chi connectivity index (χ3n) is 1.75. The Kier molecular flexibility index (Phi) is 4.78. The molecule has 13 heavy (non-hydrogen) atoms. The zero-order valence-electron chi connectivity index (χ0n) is 9.16. The summed E-state index contributed by atoms with van der Waals surface area (Å²) >= 11 is 4.23. The van der Waals surface area contributed by atoms with E-state index in [4.69, 9.17) is 0 Å². The largest absolute Gasteiger partial charge is 0.343 e. The van der Waals surface area contributed by atoms with Crippen LogP contribution in [0, 0.1) is 0 Å². The van der Waals surface area contributed by atoms with Gasteiger partial charge in [0.2, 0.25) is 5.91 Å². The topological polar surface area (TPSA) is 23.6 Å². The van der Waals surface area contributed by atoms with Crippen molar-refractivity contribution < 1.29 is 4.79 Å². The Morgan fingerprint density at radius 1 is 1.23 bits per heavy atom. The van der Waals surface area contributed by atoms with Crippen LogP contribution in [0.5, 0.6) is 0 Å². The summed E-state index contributed by atoms with van der Waals surface area (Å²) in [6.45, 7) is 5.25. The van der Waals surface area contributed by atoms with Crippen LogP contribution in [-0.2, 0) is 4.79 Å². The predicted octanol–water partition coefficient (Wildman–Crippen LogP) is 0.715. The molecular formula is C9H20N2OS. The molecule has 0 saturated carbocycles. The van der Waals surface area contributed by atoms with Crippen LogP contribution in [0.4, 0.5) is 0 Å². The first-order chi connectivity index (χ1) is 5.75. The minimum absolute atomic E-state index is 0.0673. The predicted molar refractivity (Wildman–Crippen MR) is 59.3 cm³/mol. The first kappa shape index (κ1) is 12.8. The Labute approximate surface area is 86.5 Å². The Bertz CT molecular complexity index is 175. The van der Waals surface area contributed by atoms with Crippen LogP contribution in [0.1, 0.15) is 13.8 Å². The second-order valence-electron chi connectivity index (χ2n) is 4.09. The van der Waals surface area contributed by atoms with Crippen LogP contribution in [0.25, 0.3) is 0 Å². The minimum atomic E-state index is -0.568. The van der Waals surface area contributed by atoms with E-state index in [9.17, 15) is 4.79 Å². The maximum absolute atomic E-state index is 11.6. The molecule has 0 spiro atoms. The Morgan fingerprint density at radius 2 is 1.69 bits per heavy atom. The Morgan fingerprint density at radius 3 is 2.00 bits per heavy atom. The van der Waals surface area contributed by atoms with E-state index in [0.717, 1.165) is 13.1 Å². The maximum atomic E-state index is 11.6. The number of hydrogen-bond acceptors (Lipinski definition) is 3. The van der Waals surface area contributed by atoms with Crippen molar-refractivity contribution in [3.05, 3.63) is 0 Å². The van der Waals surface area contributed by atoms with Gasteiger partial charge in [0.05, 0.1) is 4.75 Å². The van der Waals surface area contributed by atoms with E-state index in [1.54, 1.807) is 4.90 Å². The van der Waals surface area contributed by atoms with Crippen LogP contribution in [0.15, 0.2) is 0 Å². The van der Waals surface area contributed by atoms with Gasteiger partial charge in [-0.15, -0.1) is 0 Å². The summed E-state index contributed by atoms with van der Waals surface area (Å²) in [5.74, 6) is 0.0673. The fourth-order valence-corrected chi connectivity index (χ4v) is 1.09. The summed E-state index contributed by atoms with van der Waals surface area (Å²) in [5.41, 5.74) is 0. The lowest BCUT2D eigenvalue weighted by Gasteiger charge is -2.26. The molecule has 0 aromatic heterocycles. The Hall–Kier alpha value is -0.220. The zero-order chi connectivity index (χ0) is 10.6. The summed E-state index contributed by atoms with van der Waals surface area (Å²) in [4.78, 5) is 15.4. The Balaban J connectivity index is 3.98. The molecule has 1 amide bonds. The summed E-state index contributed by atoms with van der Waals surface area (Å²) in [7, 11) is 5.79. The highest BCUT2D eigenvalue weighted by atomic mass is 32.1. The molecule has 0 aliphatic heterocycles. The number of rotatable bonds is 4. The number of nitrogens with zero attached hydrogens (tertiary/aromatic N) is 2. The van der Waals surface area contributed by atoms with E-state index in [2.05, 4.69) is 17.5 Å². The van der Waals surface area contributed by atoms with Crippen LogP contribution in [0.3, 0.4) is 0 Å². The second kappa shape index (κ2) is 4.86. The fourth-order valence-electron chi connectivity index (χ4n) is 0.919. The van der Waals surface area contributed by atoms with Crippen LogP contribution in [-0.4, -0.2) is 54.7 Å². The molecule has 0 bridgehead atoms. The average molecular weight is 204 g/mol. The van der Waals surface area contributed by atoms with E-state index in [-0.39, 0.29) is 5.91 Å². The normalized spacial score (nSPS) is 11.9. The van der Waals surface area contributed by atoms with Crippen LogP contribution in [0.2, 0.25) is 0 Å². The summed E-state index contributed by atoms with van der Waals surface area (Å²) < 4.78 is -0.568. The minimum Gasteiger partial charge on any atom is -0.343 e. The first-order valence-electron chi connectivity index (χ1n) is 4.38. The van der Waals surface area contributed by atoms with Gasteiger partial charge < -0.3 is 9.80 Å². The molecule has 0 aliphatic rings. The molecule has 0 atom stereocenters. The molecule has 0 aromatic rings. The zero-order valence-corrected chi connectivity index (χ0v) is 10.1. The molecule has 0 aliphatic carbocycles. The third kappa shape index (κ3) is 5.16.